The van der Waals surface area contributed by atoms with Crippen molar-refractivity contribution in [2.24, 2.45) is 0 Å². The Kier molecular flexibility index (Phi) is 35.3. The summed E-state index contributed by atoms with van der Waals surface area (Å²) in [6.45, 7) is 36.5. The molecular formula is C39H91N11. The summed E-state index contributed by atoms with van der Waals surface area (Å²) in [4.78, 5) is 20.9. The average molecular weight is 714 g/mol. The van der Waals surface area contributed by atoms with E-state index >= 15 is 0 Å². The highest BCUT2D eigenvalue weighted by atomic mass is 15.3. The van der Waals surface area contributed by atoms with Gasteiger partial charge in [-0.05, 0) is 94.1 Å². The van der Waals surface area contributed by atoms with Crippen molar-refractivity contribution in [1.82, 2.24) is 55.1 Å². The fraction of sp³-hybridized carbons (Fsp3) is 1.00. The lowest BCUT2D eigenvalue weighted by Crippen LogP contribution is -2.45. The van der Waals surface area contributed by atoms with Gasteiger partial charge in [0.25, 0.3) is 0 Å². The molecular weight excluding hydrogens is 623 g/mol. The molecule has 0 amide bonds. The Morgan fingerprint density at radius 1 is 0.300 bits per heavy atom. The number of likely N-dealkylation sites (N-methyl/N-ethyl adjacent to an activating group) is 6. The first kappa shape index (κ1) is 49.6. The fourth-order valence-electron chi connectivity index (χ4n) is 6.14. The van der Waals surface area contributed by atoms with E-state index in [-0.39, 0.29) is 0 Å². The zero-order chi connectivity index (χ0) is 37.2. The molecule has 0 unspecified atom stereocenters. The Morgan fingerprint density at radius 3 is 1.06 bits per heavy atom. The molecule has 0 bridgehead atoms. The van der Waals surface area contributed by atoms with Crippen LogP contribution in [0.2, 0.25) is 0 Å². The number of nitrogens with one attached hydrogen (secondary N) is 3. The minimum Gasteiger partial charge on any atom is -0.318 e. The fourth-order valence-corrected chi connectivity index (χ4v) is 6.14. The van der Waals surface area contributed by atoms with Crippen LogP contribution in [0.25, 0.3) is 0 Å². The Bertz CT molecular complexity index is 670. The molecule has 50 heavy (non-hydrogen) atoms. The van der Waals surface area contributed by atoms with Gasteiger partial charge in [0.05, 0.1) is 0 Å². The molecule has 0 aliphatic carbocycles. The molecule has 11 heteroatoms. The van der Waals surface area contributed by atoms with Crippen molar-refractivity contribution >= 4 is 0 Å². The van der Waals surface area contributed by atoms with E-state index in [9.17, 15) is 0 Å². The summed E-state index contributed by atoms with van der Waals surface area (Å²) in [5.41, 5.74) is 0. The smallest absolute Gasteiger partial charge is 0.0110 e. The molecule has 0 aromatic heterocycles. The highest BCUT2D eigenvalue weighted by molar-refractivity contribution is 4.71. The maximum Gasteiger partial charge on any atom is 0.0110 e. The molecule has 0 saturated carbocycles. The Morgan fingerprint density at radius 2 is 0.660 bits per heavy atom. The van der Waals surface area contributed by atoms with Gasteiger partial charge < -0.3 is 45.3 Å². The van der Waals surface area contributed by atoms with Gasteiger partial charge in [0.15, 0.2) is 0 Å². The largest absolute Gasteiger partial charge is 0.318 e. The standard InChI is InChI=1S/C39H91N11/c1-11-15-22-48(32-26-43(7)20-13-3)37-38-49(25-19-42-16-12-2)33-30-46(10)29-31-47(21-14-4)36-39-50(34-27-44(8)23-17-40-5)35-28-45(9)24-18-41-6/h40-42H,11-39H2,1-10H3. The summed E-state index contributed by atoms with van der Waals surface area (Å²) in [7, 11) is 13.2. The molecule has 0 saturated heterocycles. The zero-order valence-electron chi connectivity index (χ0n) is 35.6. The second-order valence-corrected chi connectivity index (χ2v) is 14.9. The first-order valence-electron chi connectivity index (χ1n) is 20.9. The van der Waals surface area contributed by atoms with E-state index < -0.39 is 0 Å². The Balaban J connectivity index is 5.09. The maximum absolute atomic E-state index is 3.66. The third-order valence-corrected chi connectivity index (χ3v) is 9.95. The van der Waals surface area contributed by atoms with Crippen LogP contribution in [0.4, 0.5) is 0 Å². The van der Waals surface area contributed by atoms with Crippen LogP contribution in [0.3, 0.4) is 0 Å². The number of rotatable bonds is 39. The highest BCUT2D eigenvalue weighted by Crippen LogP contribution is 2.01. The van der Waals surface area contributed by atoms with E-state index in [4.69, 9.17) is 0 Å². The third-order valence-electron chi connectivity index (χ3n) is 9.95. The molecule has 0 spiro atoms. The van der Waals surface area contributed by atoms with Crippen LogP contribution in [0.15, 0.2) is 0 Å². The quantitative estimate of drug-likeness (QED) is 0.0821. The average Bonchev–Trinajstić information content (AvgIpc) is 3.11. The van der Waals surface area contributed by atoms with Crippen molar-refractivity contribution in [3.05, 3.63) is 0 Å². The summed E-state index contributed by atoms with van der Waals surface area (Å²) in [5.74, 6) is 0. The topological polar surface area (TPSA) is 62.0 Å². The van der Waals surface area contributed by atoms with Crippen molar-refractivity contribution in [2.75, 3.05) is 199 Å². The first-order chi connectivity index (χ1) is 24.2. The summed E-state index contributed by atoms with van der Waals surface area (Å²) in [6, 6.07) is 0. The van der Waals surface area contributed by atoms with Crippen LogP contribution in [0.5, 0.6) is 0 Å². The summed E-state index contributed by atoms with van der Waals surface area (Å²) in [5, 5.41) is 10.2. The summed E-state index contributed by atoms with van der Waals surface area (Å²) in [6.07, 6.45) is 6.21. The minimum atomic E-state index is 1.04. The second kappa shape index (κ2) is 35.6. The molecule has 302 valence electrons. The van der Waals surface area contributed by atoms with E-state index in [2.05, 4.69) is 111 Å². The molecule has 0 aliphatic rings. The minimum absolute atomic E-state index is 1.04. The lowest BCUT2D eigenvalue weighted by molar-refractivity contribution is 0.152. The summed E-state index contributed by atoms with van der Waals surface area (Å²) >= 11 is 0. The zero-order valence-corrected chi connectivity index (χ0v) is 35.6. The van der Waals surface area contributed by atoms with Crippen molar-refractivity contribution in [1.29, 1.82) is 0 Å². The van der Waals surface area contributed by atoms with Crippen LogP contribution >= 0.6 is 0 Å². The van der Waals surface area contributed by atoms with Crippen molar-refractivity contribution in [3.8, 4) is 0 Å². The van der Waals surface area contributed by atoms with Gasteiger partial charge in [0.2, 0.25) is 0 Å². The van der Waals surface area contributed by atoms with E-state index in [0.29, 0.717) is 0 Å². The van der Waals surface area contributed by atoms with Gasteiger partial charge in [-0.25, -0.2) is 0 Å². The van der Waals surface area contributed by atoms with Crippen molar-refractivity contribution < 1.29 is 0 Å². The van der Waals surface area contributed by atoms with Gasteiger partial charge in [-0.15, -0.1) is 0 Å². The molecule has 0 aromatic carbocycles. The highest BCUT2D eigenvalue weighted by Gasteiger charge is 2.14. The van der Waals surface area contributed by atoms with Gasteiger partial charge in [0, 0.05) is 131 Å². The monoisotopic (exact) mass is 714 g/mol. The molecule has 0 radical (unpaired) electrons. The number of nitrogens with zero attached hydrogens (tertiary/aromatic N) is 8. The number of hydrogen-bond acceptors (Lipinski definition) is 11. The summed E-state index contributed by atoms with van der Waals surface area (Å²) < 4.78 is 0. The molecule has 3 N–H and O–H groups in total. The van der Waals surface area contributed by atoms with Crippen LogP contribution < -0.4 is 16.0 Å². The Labute approximate surface area is 313 Å². The van der Waals surface area contributed by atoms with E-state index in [0.717, 1.165) is 118 Å². The van der Waals surface area contributed by atoms with Crippen LogP contribution in [-0.2, 0) is 0 Å². The van der Waals surface area contributed by atoms with Gasteiger partial charge in [-0.2, -0.15) is 0 Å². The first-order valence-corrected chi connectivity index (χ1v) is 20.9. The van der Waals surface area contributed by atoms with Gasteiger partial charge in [0.1, 0.15) is 0 Å². The predicted molar refractivity (Wildman–Crippen MR) is 222 cm³/mol. The van der Waals surface area contributed by atoms with E-state index in [1.165, 1.54) is 71.4 Å². The van der Waals surface area contributed by atoms with E-state index in [1.54, 1.807) is 0 Å². The van der Waals surface area contributed by atoms with Crippen LogP contribution in [0, 0.1) is 0 Å². The van der Waals surface area contributed by atoms with Gasteiger partial charge >= 0.3 is 0 Å². The van der Waals surface area contributed by atoms with Gasteiger partial charge in [-0.1, -0.05) is 34.1 Å². The molecule has 0 rings (SSSR count). The van der Waals surface area contributed by atoms with Crippen LogP contribution in [0.1, 0.15) is 59.8 Å². The maximum atomic E-state index is 3.66. The molecule has 0 heterocycles. The molecule has 0 aromatic rings. The third kappa shape index (κ3) is 30.1. The van der Waals surface area contributed by atoms with Crippen LogP contribution in [-0.4, -0.2) is 239 Å². The van der Waals surface area contributed by atoms with Crippen molar-refractivity contribution in [2.45, 2.75) is 59.8 Å². The predicted octanol–water partition coefficient (Wildman–Crippen LogP) is 1.98. The van der Waals surface area contributed by atoms with E-state index in [1.807, 2.05) is 14.1 Å². The Hall–Kier alpha value is -0.440. The normalized spacial score (nSPS) is 12.6. The second-order valence-electron chi connectivity index (χ2n) is 14.9. The SMILES string of the molecule is CCCCN(CCN(C)CCC)CCN(CCNCCC)CCN(C)CCN(CCC)CCN(CCN(C)CCNC)CCN(C)CCNC. The molecule has 0 fully saturated rings. The molecule has 0 aliphatic heterocycles. The molecule has 11 nitrogen and oxygen atoms in total. The number of unbranched alkanes of at least 4 members (excludes halogenated alkanes) is 1. The van der Waals surface area contributed by atoms with Gasteiger partial charge in [-0.3, -0.25) is 9.80 Å². The lowest BCUT2D eigenvalue weighted by atomic mass is 10.3. The van der Waals surface area contributed by atoms with Crippen molar-refractivity contribution in [3.63, 3.8) is 0 Å². The lowest BCUT2D eigenvalue weighted by Gasteiger charge is -2.32. The number of hydrogen-bond donors (Lipinski definition) is 3. The molecule has 0 atom stereocenters.